The van der Waals surface area contributed by atoms with E-state index in [4.69, 9.17) is 10.4 Å². The predicted octanol–water partition coefficient (Wildman–Crippen LogP) is 5.94. The Kier molecular flexibility index (Phi) is 8.55. The minimum absolute atomic E-state index is 0.110. The fourth-order valence-corrected chi connectivity index (χ4v) is 3.65. The fourth-order valence-electron chi connectivity index (χ4n) is 2.91. The van der Waals surface area contributed by atoms with Gasteiger partial charge < -0.3 is 5.11 Å². The summed E-state index contributed by atoms with van der Waals surface area (Å²) in [4.78, 5) is 11.6. The van der Waals surface area contributed by atoms with Crippen molar-refractivity contribution in [3.05, 3.63) is 64.2 Å². The Balaban J connectivity index is 2.47. The van der Waals surface area contributed by atoms with Gasteiger partial charge in [-0.25, -0.2) is 5.26 Å². The SMILES string of the molecule is CC(C)(C)c1cc(C#CCC(=O)O)cc(C#Cc2ccc(C(C)(C)C)c(SOOO)c2)c1. The van der Waals surface area contributed by atoms with Gasteiger partial charge in [0.2, 0.25) is 0 Å². The Morgan fingerprint density at radius 2 is 1.53 bits per heavy atom. The largest absolute Gasteiger partial charge is 0.481 e. The second-order valence-corrected chi connectivity index (χ2v) is 10.1. The van der Waals surface area contributed by atoms with Crippen molar-refractivity contribution in [1.82, 2.24) is 0 Å². The van der Waals surface area contributed by atoms with Crippen LogP contribution < -0.4 is 0 Å². The average molecular weight is 453 g/mol. The molecule has 2 rings (SSSR count). The minimum atomic E-state index is -0.951. The van der Waals surface area contributed by atoms with Gasteiger partial charge >= 0.3 is 5.97 Å². The summed E-state index contributed by atoms with van der Waals surface area (Å²) in [5.74, 6) is 11.0. The van der Waals surface area contributed by atoms with Crippen LogP contribution in [0.25, 0.3) is 0 Å². The van der Waals surface area contributed by atoms with E-state index in [2.05, 4.69) is 74.6 Å². The van der Waals surface area contributed by atoms with E-state index in [0.717, 1.165) is 44.8 Å². The molecular weight excluding hydrogens is 424 g/mol. The topological polar surface area (TPSA) is 76.0 Å². The minimum Gasteiger partial charge on any atom is -0.481 e. The Labute approximate surface area is 194 Å². The number of hydrogen-bond acceptors (Lipinski definition) is 5. The normalized spacial score (nSPS) is 11.2. The van der Waals surface area contributed by atoms with Gasteiger partial charge in [0.15, 0.2) is 0 Å². The molecule has 2 N–H and O–H groups in total. The molecule has 2 aromatic rings. The van der Waals surface area contributed by atoms with Gasteiger partial charge in [0.05, 0.1) is 12.0 Å². The second kappa shape index (κ2) is 10.7. The molecule has 0 aromatic heterocycles. The van der Waals surface area contributed by atoms with Crippen molar-refractivity contribution in [2.45, 2.75) is 63.7 Å². The lowest BCUT2D eigenvalue weighted by Crippen LogP contribution is -2.12. The van der Waals surface area contributed by atoms with Gasteiger partial charge in [-0.1, -0.05) is 76.3 Å². The molecule has 0 aliphatic carbocycles. The first-order valence-electron chi connectivity index (χ1n) is 10.1. The van der Waals surface area contributed by atoms with Gasteiger partial charge in [-0.3, -0.25) is 4.79 Å². The standard InChI is InChI=1S/C26H28O5S/c1-25(2,3)21-15-19(8-7-9-24(27)28)14-20(16-21)11-10-18-12-13-22(26(4,5)6)23(17-18)32-31-30-29/h12-17,29H,9H2,1-6H3,(H,27,28). The highest BCUT2D eigenvalue weighted by Crippen LogP contribution is 2.33. The van der Waals surface area contributed by atoms with Gasteiger partial charge in [0.1, 0.15) is 6.42 Å². The molecule has 0 unspecified atom stereocenters. The van der Waals surface area contributed by atoms with Crippen molar-refractivity contribution in [2.75, 3.05) is 0 Å². The Hall–Kier alpha value is -2.74. The molecule has 0 bridgehead atoms. The average Bonchev–Trinajstić information content (AvgIpc) is 2.69. The molecule has 0 spiro atoms. The highest BCUT2D eigenvalue weighted by atomic mass is 32.2. The fraction of sp³-hybridized carbons (Fsp3) is 0.346. The summed E-state index contributed by atoms with van der Waals surface area (Å²) in [6.45, 7) is 12.6. The lowest BCUT2D eigenvalue weighted by atomic mass is 9.85. The highest BCUT2D eigenvalue weighted by Gasteiger charge is 2.19. The Bertz CT molecular complexity index is 1100. The molecule has 0 saturated carbocycles. The third kappa shape index (κ3) is 7.75. The van der Waals surface area contributed by atoms with Crippen LogP contribution in [0.5, 0.6) is 0 Å². The van der Waals surface area contributed by atoms with Crippen molar-refractivity contribution in [3.8, 4) is 23.7 Å². The third-order valence-corrected chi connectivity index (χ3v) is 5.21. The van der Waals surface area contributed by atoms with E-state index in [1.807, 2.05) is 36.4 Å². The zero-order valence-electron chi connectivity index (χ0n) is 19.2. The lowest BCUT2D eigenvalue weighted by molar-refractivity contribution is -0.432. The smallest absolute Gasteiger partial charge is 0.315 e. The van der Waals surface area contributed by atoms with E-state index in [0.29, 0.717) is 0 Å². The van der Waals surface area contributed by atoms with Crippen LogP contribution in [0, 0.1) is 23.7 Å². The van der Waals surface area contributed by atoms with Gasteiger partial charge in [-0.05, 0) is 52.3 Å². The third-order valence-electron chi connectivity index (χ3n) is 4.57. The van der Waals surface area contributed by atoms with E-state index in [1.165, 1.54) is 0 Å². The van der Waals surface area contributed by atoms with Crippen LogP contribution in [0.4, 0.5) is 0 Å². The number of rotatable bonds is 4. The molecule has 0 aliphatic heterocycles. The van der Waals surface area contributed by atoms with E-state index in [1.54, 1.807) is 0 Å². The molecule has 0 saturated heterocycles. The number of aliphatic carboxylic acids is 1. The molecule has 0 heterocycles. The first-order chi connectivity index (χ1) is 14.9. The number of benzene rings is 2. The van der Waals surface area contributed by atoms with Crippen LogP contribution in [0.2, 0.25) is 0 Å². The van der Waals surface area contributed by atoms with Gasteiger partial charge in [0, 0.05) is 21.6 Å². The first-order valence-corrected chi connectivity index (χ1v) is 10.8. The monoisotopic (exact) mass is 452 g/mol. The Morgan fingerprint density at radius 1 is 0.906 bits per heavy atom. The van der Waals surface area contributed by atoms with Gasteiger partial charge in [-0.15, -0.1) is 4.33 Å². The van der Waals surface area contributed by atoms with Crippen molar-refractivity contribution < 1.29 is 24.5 Å². The molecule has 168 valence electrons. The second-order valence-electron chi connectivity index (χ2n) is 9.36. The molecule has 0 amide bonds. The number of hydrogen-bond donors (Lipinski definition) is 2. The molecular formula is C26H28O5S. The molecule has 5 nitrogen and oxygen atoms in total. The van der Waals surface area contributed by atoms with Gasteiger partial charge in [0.25, 0.3) is 0 Å². The van der Waals surface area contributed by atoms with Crippen molar-refractivity contribution >= 4 is 18.0 Å². The molecule has 32 heavy (non-hydrogen) atoms. The summed E-state index contributed by atoms with van der Waals surface area (Å²) in [6, 6.07) is 11.7. The summed E-state index contributed by atoms with van der Waals surface area (Å²) in [5.41, 5.74) is 4.17. The lowest BCUT2D eigenvalue weighted by Gasteiger charge is -2.22. The van der Waals surface area contributed by atoms with E-state index >= 15 is 0 Å². The van der Waals surface area contributed by atoms with Crippen LogP contribution in [0.1, 0.15) is 75.8 Å². The van der Waals surface area contributed by atoms with E-state index in [-0.39, 0.29) is 17.3 Å². The summed E-state index contributed by atoms with van der Waals surface area (Å²) in [7, 11) is 0. The number of carboxylic acids is 1. The van der Waals surface area contributed by atoms with Crippen LogP contribution >= 0.6 is 12.0 Å². The van der Waals surface area contributed by atoms with E-state index in [9.17, 15) is 4.79 Å². The molecule has 6 heteroatoms. The van der Waals surface area contributed by atoms with Gasteiger partial charge in [-0.2, -0.15) is 0 Å². The summed E-state index contributed by atoms with van der Waals surface area (Å²) in [6.07, 6.45) is -0.207. The maximum Gasteiger partial charge on any atom is 0.315 e. The number of carbonyl (C=O) groups is 1. The van der Waals surface area contributed by atoms with Crippen LogP contribution in [0.15, 0.2) is 41.3 Å². The Morgan fingerprint density at radius 3 is 2.09 bits per heavy atom. The van der Waals surface area contributed by atoms with Crippen LogP contribution in [0.3, 0.4) is 0 Å². The van der Waals surface area contributed by atoms with Crippen molar-refractivity contribution in [2.24, 2.45) is 0 Å². The summed E-state index contributed by atoms with van der Waals surface area (Å²) >= 11 is 0.923. The molecule has 0 atom stereocenters. The molecule has 0 radical (unpaired) electrons. The van der Waals surface area contributed by atoms with Crippen molar-refractivity contribution in [1.29, 1.82) is 0 Å². The molecule has 2 aromatic carbocycles. The maximum atomic E-state index is 10.8. The quantitative estimate of drug-likeness (QED) is 0.259. The zero-order valence-corrected chi connectivity index (χ0v) is 20.0. The van der Waals surface area contributed by atoms with E-state index < -0.39 is 5.97 Å². The first kappa shape index (κ1) is 25.5. The summed E-state index contributed by atoms with van der Waals surface area (Å²) < 4.78 is 4.66. The maximum absolute atomic E-state index is 10.8. The molecule has 0 aliphatic rings. The van der Waals surface area contributed by atoms with Crippen molar-refractivity contribution in [3.63, 3.8) is 0 Å². The zero-order chi connectivity index (χ0) is 23.9. The summed E-state index contributed by atoms with van der Waals surface area (Å²) in [5, 5.41) is 21.1. The predicted molar refractivity (Wildman–Crippen MR) is 126 cm³/mol. The van der Waals surface area contributed by atoms with Crippen LogP contribution in [-0.4, -0.2) is 16.3 Å². The molecule has 0 fully saturated rings. The number of carboxylic acid groups (broad SMARTS) is 1. The highest BCUT2D eigenvalue weighted by molar-refractivity contribution is 7.94. The van der Waals surface area contributed by atoms with Crippen LogP contribution in [-0.2, 0) is 25.0 Å².